The van der Waals surface area contributed by atoms with Gasteiger partial charge >= 0.3 is 0 Å². The Balaban J connectivity index is 0.000000139. The van der Waals surface area contributed by atoms with Crippen molar-refractivity contribution < 1.29 is 0 Å². The number of fused-ring (bicyclic) bond motifs is 22. The van der Waals surface area contributed by atoms with Crippen LogP contribution in [0.5, 0.6) is 0 Å². The minimum absolute atomic E-state index is 0.000305. The van der Waals surface area contributed by atoms with Crippen LogP contribution in [0.25, 0.3) is 176 Å². The summed E-state index contributed by atoms with van der Waals surface area (Å²) < 4.78 is 0. The van der Waals surface area contributed by atoms with E-state index in [-0.39, 0.29) is 21.7 Å². The van der Waals surface area contributed by atoms with Crippen LogP contribution in [0.4, 0.5) is 0 Å². The fourth-order valence-corrected chi connectivity index (χ4v) is 20.0. The van der Waals surface area contributed by atoms with Gasteiger partial charge in [0.25, 0.3) is 0 Å². The third-order valence-corrected chi connectivity index (χ3v) is 25.6. The molecule has 4 aliphatic rings. The fraction of sp³-hybridized carbons (Fsp3) is 0.111. The molecule has 0 bridgehead atoms. The highest BCUT2D eigenvalue weighted by atomic mass is 14.5. The quantitative estimate of drug-likeness (QED) is 0.146. The van der Waals surface area contributed by atoms with Gasteiger partial charge in [-0.3, -0.25) is 0 Å². The highest BCUT2D eigenvalue weighted by molar-refractivity contribution is 6.23. The van der Waals surface area contributed by atoms with Crippen molar-refractivity contribution in [1.82, 2.24) is 0 Å². The molecule has 0 heterocycles. The van der Waals surface area contributed by atoms with Crippen LogP contribution in [-0.2, 0) is 21.7 Å². The zero-order valence-corrected chi connectivity index (χ0v) is 62.3. The minimum atomic E-state index is -0.110. The first-order valence-corrected chi connectivity index (χ1v) is 38.5. The molecule has 0 heteroatoms. The van der Waals surface area contributed by atoms with E-state index >= 15 is 0 Å². The lowest BCUT2D eigenvalue weighted by atomic mass is 9.77. The molecule has 0 saturated heterocycles. The van der Waals surface area contributed by atoms with Crippen molar-refractivity contribution in [3.63, 3.8) is 0 Å². The summed E-state index contributed by atoms with van der Waals surface area (Å²) in [6.07, 6.45) is 0. The van der Waals surface area contributed by atoms with Crippen LogP contribution in [0.3, 0.4) is 0 Å². The number of hydrogen-bond donors (Lipinski definition) is 0. The number of hydrogen-bond acceptors (Lipinski definition) is 0. The smallest absolute Gasteiger partial charge is 0.0165 e. The van der Waals surface area contributed by atoms with Crippen molar-refractivity contribution in [1.29, 1.82) is 0 Å². The topological polar surface area (TPSA) is 0 Å². The first-order valence-electron chi connectivity index (χ1n) is 38.5. The molecule has 22 rings (SSSR count). The highest BCUT2D eigenvalue weighted by Crippen LogP contribution is 2.62. The fourth-order valence-electron chi connectivity index (χ4n) is 20.0. The van der Waals surface area contributed by atoms with Gasteiger partial charge in [-0.25, -0.2) is 0 Å². The van der Waals surface area contributed by atoms with Crippen molar-refractivity contribution >= 4 is 64.6 Å². The highest BCUT2D eigenvalue weighted by Gasteiger charge is 2.46. The Hall–Kier alpha value is -12.5. The van der Waals surface area contributed by atoms with Gasteiger partial charge in [-0.2, -0.15) is 0 Å². The van der Waals surface area contributed by atoms with Gasteiger partial charge in [0, 0.05) is 21.7 Å². The molecule has 0 atom stereocenters. The van der Waals surface area contributed by atoms with E-state index in [1.165, 1.54) is 220 Å². The Bertz CT molecular complexity index is 6920. The second kappa shape index (κ2) is 23.5. The first kappa shape index (κ1) is 63.9. The summed E-state index contributed by atoms with van der Waals surface area (Å²) in [7, 11) is 0. The van der Waals surface area contributed by atoms with Gasteiger partial charge < -0.3 is 0 Å². The molecule has 0 nitrogen and oxygen atoms in total. The largest absolute Gasteiger partial charge is 0.0619 e. The summed E-state index contributed by atoms with van der Waals surface area (Å²) in [6, 6.07) is 128. The van der Waals surface area contributed by atoms with E-state index in [0.29, 0.717) is 0 Å². The number of benzene rings is 18. The maximum atomic E-state index is 2.46. The summed E-state index contributed by atoms with van der Waals surface area (Å²) in [5, 5.41) is 15.3. The molecular formula is C108H80. The second-order valence-corrected chi connectivity index (χ2v) is 33.1. The van der Waals surface area contributed by atoms with Gasteiger partial charge in [-0.15, -0.1) is 0 Å². The SMILES string of the molecule is CC1(C)c2ccccc2-c2c1ccc1c2C(C)(C)c2cc(-c3cccc(-c4ccc5cc(-c6ccc7ccccc7c6)ccc5c4)c3)ccc2-1.CC1(C)c2ccccc2-c2c1ccc1c2C(C)(C)c2ccc(-c3cccc(-c4ccc5cc(-c6cc7ccc8ccccc8c7c7ccccc67)ccc5c4)c3)cc2-1. The Morgan fingerprint density at radius 2 is 0.509 bits per heavy atom. The normalized spacial score (nSPS) is 14.6. The van der Waals surface area contributed by atoms with Gasteiger partial charge in [0.15, 0.2) is 0 Å². The molecule has 0 fully saturated rings. The molecule has 0 N–H and O–H groups in total. The van der Waals surface area contributed by atoms with Crippen LogP contribution in [0.1, 0.15) is 99.9 Å². The molecule has 0 aromatic heterocycles. The average Bonchev–Trinajstić information content (AvgIpc) is 1.53. The standard InChI is InChI=1S/C58H42.C50H38/c1-57(2)51-19-10-9-18-48(51)55-53(57)29-27-47-50-33-41(26-28-52(50)58(3,4)56(47)55)37-14-11-13-36(30-37)38-21-22-40-32-42(24-23-39(40)31-38)49-34-43-25-20-35-12-5-6-15-44(35)54(43)46-17-8-7-16-45(46)49;1-49(2)44-15-8-7-14-43(44)47-45(49)25-24-42-41-23-22-40(30-46(41)50(3,4)48(42)47)34-13-9-12-33(27-34)35-18-19-39-29-38(21-20-37(39)28-35)36-17-16-31-10-5-6-11-32(31)26-36/h5-34H,1-4H3;5-30H,1-4H3. The lowest BCUT2D eigenvalue weighted by molar-refractivity contribution is 0.647. The summed E-state index contributed by atoms with van der Waals surface area (Å²) in [5.74, 6) is 0. The lowest BCUT2D eigenvalue weighted by Gasteiger charge is -2.26. The van der Waals surface area contributed by atoms with Crippen molar-refractivity contribution in [3.05, 3.63) is 384 Å². The van der Waals surface area contributed by atoms with E-state index in [4.69, 9.17) is 0 Å². The molecule has 512 valence electrons. The van der Waals surface area contributed by atoms with Crippen molar-refractivity contribution in [2.24, 2.45) is 0 Å². The summed E-state index contributed by atoms with van der Waals surface area (Å²) in [4.78, 5) is 0. The molecule has 0 amide bonds. The van der Waals surface area contributed by atoms with Gasteiger partial charge in [0.2, 0.25) is 0 Å². The molecular weight excluding hydrogens is 1300 g/mol. The van der Waals surface area contributed by atoms with Gasteiger partial charge in [0.05, 0.1) is 0 Å². The predicted molar refractivity (Wildman–Crippen MR) is 461 cm³/mol. The Labute approximate surface area is 633 Å². The Kier molecular flexibility index (Phi) is 13.9. The molecule has 18 aromatic carbocycles. The predicted octanol–water partition coefficient (Wildman–Crippen LogP) is 29.5. The minimum Gasteiger partial charge on any atom is -0.0619 e. The zero-order valence-electron chi connectivity index (χ0n) is 62.3. The molecule has 0 unspecified atom stereocenters. The van der Waals surface area contributed by atoms with Crippen molar-refractivity contribution in [3.8, 4) is 111 Å². The molecule has 0 saturated carbocycles. The van der Waals surface area contributed by atoms with Crippen LogP contribution in [-0.4, -0.2) is 0 Å². The first-order chi connectivity index (χ1) is 52.5. The summed E-state index contributed by atoms with van der Waals surface area (Å²) in [5.41, 5.74) is 37.5. The third-order valence-electron chi connectivity index (χ3n) is 25.6. The lowest BCUT2D eigenvalue weighted by Crippen LogP contribution is -2.18. The second-order valence-electron chi connectivity index (χ2n) is 33.1. The maximum absolute atomic E-state index is 2.46. The molecule has 108 heavy (non-hydrogen) atoms. The van der Waals surface area contributed by atoms with Crippen LogP contribution in [0.15, 0.2) is 340 Å². The van der Waals surface area contributed by atoms with Crippen LogP contribution < -0.4 is 0 Å². The molecule has 0 radical (unpaired) electrons. The van der Waals surface area contributed by atoms with Gasteiger partial charge in [-0.05, 0) is 281 Å². The van der Waals surface area contributed by atoms with E-state index in [9.17, 15) is 0 Å². The average molecular weight is 1380 g/mol. The zero-order chi connectivity index (χ0) is 72.7. The number of rotatable bonds is 6. The Morgan fingerprint density at radius 3 is 1.07 bits per heavy atom. The van der Waals surface area contributed by atoms with E-state index in [2.05, 4.69) is 395 Å². The van der Waals surface area contributed by atoms with Crippen LogP contribution >= 0.6 is 0 Å². The third kappa shape index (κ3) is 9.62. The van der Waals surface area contributed by atoms with E-state index in [1.807, 2.05) is 0 Å². The molecule has 0 aliphatic heterocycles. The molecule has 4 aliphatic carbocycles. The monoisotopic (exact) mass is 1380 g/mol. The van der Waals surface area contributed by atoms with Crippen molar-refractivity contribution in [2.75, 3.05) is 0 Å². The van der Waals surface area contributed by atoms with Crippen molar-refractivity contribution in [2.45, 2.75) is 77.0 Å². The summed E-state index contributed by atoms with van der Waals surface area (Å²) in [6.45, 7) is 19.2. The van der Waals surface area contributed by atoms with Gasteiger partial charge in [-0.1, -0.05) is 334 Å². The van der Waals surface area contributed by atoms with E-state index in [0.717, 1.165) is 0 Å². The summed E-state index contributed by atoms with van der Waals surface area (Å²) >= 11 is 0. The molecule has 0 spiro atoms. The van der Waals surface area contributed by atoms with E-state index < -0.39 is 0 Å². The molecule has 18 aromatic rings. The van der Waals surface area contributed by atoms with Crippen LogP contribution in [0.2, 0.25) is 0 Å². The van der Waals surface area contributed by atoms with E-state index in [1.54, 1.807) is 0 Å². The Morgan fingerprint density at radius 1 is 0.157 bits per heavy atom. The maximum Gasteiger partial charge on any atom is 0.0165 e. The van der Waals surface area contributed by atoms with Crippen LogP contribution in [0, 0.1) is 0 Å². The van der Waals surface area contributed by atoms with Gasteiger partial charge in [0.1, 0.15) is 0 Å².